The molecule has 1 aliphatic rings. The van der Waals surface area contributed by atoms with E-state index in [1.165, 1.54) is 5.56 Å². The van der Waals surface area contributed by atoms with Gasteiger partial charge in [-0.1, -0.05) is 71.2 Å². The first-order chi connectivity index (χ1) is 12.9. The Kier molecular flexibility index (Phi) is 7.90. The molecule has 1 saturated carbocycles. The number of alkyl halides is 1. The van der Waals surface area contributed by atoms with Gasteiger partial charge in [0.25, 0.3) is 0 Å². The highest BCUT2D eigenvalue weighted by atomic mass is 79.9. The van der Waals surface area contributed by atoms with E-state index >= 15 is 0 Å². The Balaban J connectivity index is 0.00000126. The highest BCUT2D eigenvalue weighted by molar-refractivity contribution is 9.08. The molecule has 3 rings (SSSR count). The Bertz CT molecular complexity index is 705. The van der Waals surface area contributed by atoms with E-state index in [9.17, 15) is 10.2 Å². The molecule has 3 nitrogen and oxygen atoms in total. The Morgan fingerprint density at radius 2 is 1.74 bits per heavy atom. The predicted octanol–water partition coefficient (Wildman–Crippen LogP) is 5.06. The van der Waals surface area contributed by atoms with Crippen LogP contribution in [0, 0.1) is 5.92 Å². The number of quaternary nitrogens is 1. The van der Waals surface area contributed by atoms with Gasteiger partial charge in [0.05, 0.1) is 26.2 Å². The monoisotopic (exact) mass is 434 g/mol. The topological polar surface area (TPSA) is 40.5 Å². The molecule has 0 amide bonds. The van der Waals surface area contributed by atoms with Gasteiger partial charge in [-0.05, 0) is 36.4 Å². The third-order valence-corrected chi connectivity index (χ3v) is 5.55. The van der Waals surface area contributed by atoms with Crippen LogP contribution < -0.4 is 0 Å². The molecule has 0 radical (unpaired) electrons. The maximum absolute atomic E-state index is 11.5. The summed E-state index contributed by atoms with van der Waals surface area (Å²) in [5.74, 6) is 2.24. The number of nitrogens with zero attached hydrogens (tertiary/aromatic N) is 1. The minimum absolute atomic E-state index is 0.196. The number of aromatic hydroxyl groups is 1. The molecule has 4 heteroatoms. The highest BCUT2D eigenvalue weighted by Crippen LogP contribution is 2.43. The molecule has 2 aromatic rings. The molecule has 1 aliphatic carbocycles. The van der Waals surface area contributed by atoms with Gasteiger partial charge in [-0.2, -0.15) is 0 Å². The van der Waals surface area contributed by atoms with Crippen molar-refractivity contribution in [2.24, 2.45) is 5.92 Å². The quantitative estimate of drug-likeness (QED) is 0.509. The fraction of sp³-hybridized carbons (Fsp3) is 0.478. The highest BCUT2D eigenvalue weighted by Gasteiger charge is 2.43. The van der Waals surface area contributed by atoms with Crippen LogP contribution in [-0.2, 0) is 12.1 Å². The van der Waals surface area contributed by atoms with Crippen molar-refractivity contribution in [2.45, 2.75) is 37.8 Å². The summed E-state index contributed by atoms with van der Waals surface area (Å²) < 4.78 is 0.843. The zero-order valence-electron chi connectivity index (χ0n) is 16.7. The second-order valence-electron chi connectivity index (χ2n) is 8.18. The van der Waals surface area contributed by atoms with E-state index in [2.05, 4.69) is 54.3 Å². The minimum Gasteiger partial charge on any atom is -0.508 e. The van der Waals surface area contributed by atoms with E-state index in [1.807, 2.05) is 24.0 Å². The van der Waals surface area contributed by atoms with E-state index in [4.69, 9.17) is 0 Å². The molecule has 1 fully saturated rings. The maximum Gasteiger partial charge on any atom is 0.115 e. The van der Waals surface area contributed by atoms with Crippen LogP contribution in [0.15, 0.2) is 54.6 Å². The molecule has 148 valence electrons. The van der Waals surface area contributed by atoms with Crippen molar-refractivity contribution >= 4 is 15.9 Å². The van der Waals surface area contributed by atoms with E-state index in [0.29, 0.717) is 0 Å². The Morgan fingerprint density at radius 3 is 2.41 bits per heavy atom. The number of phenolic OH excluding ortho intramolecular Hbond substituents is 1. The summed E-state index contributed by atoms with van der Waals surface area (Å²) in [6, 6.07) is 17.7. The molecule has 2 N–H and O–H groups in total. The van der Waals surface area contributed by atoms with Crippen LogP contribution >= 0.6 is 15.9 Å². The molecule has 1 unspecified atom stereocenters. The van der Waals surface area contributed by atoms with Crippen molar-refractivity contribution in [3.05, 3.63) is 65.7 Å². The lowest BCUT2D eigenvalue weighted by atomic mass is 9.71. The smallest absolute Gasteiger partial charge is 0.115 e. The first-order valence-electron chi connectivity index (χ1n) is 9.65. The van der Waals surface area contributed by atoms with Crippen LogP contribution in [-0.4, -0.2) is 41.2 Å². The second-order valence-corrected chi connectivity index (χ2v) is 8.18. The van der Waals surface area contributed by atoms with Crippen LogP contribution in [0.3, 0.4) is 0 Å². The fourth-order valence-electron chi connectivity index (χ4n) is 4.36. The lowest BCUT2D eigenvalue weighted by Crippen LogP contribution is -2.50. The summed E-state index contributed by atoms with van der Waals surface area (Å²) in [5, 5.41) is 21.4. The predicted molar refractivity (Wildman–Crippen MR) is 116 cm³/mol. The van der Waals surface area contributed by atoms with Crippen molar-refractivity contribution in [3.63, 3.8) is 0 Å². The summed E-state index contributed by atoms with van der Waals surface area (Å²) in [6.07, 6.45) is 4.00. The lowest BCUT2D eigenvalue weighted by Gasteiger charge is -2.44. The molecular formula is C23H33BrNO2+. The van der Waals surface area contributed by atoms with Gasteiger partial charge in [-0.25, -0.2) is 0 Å². The maximum atomic E-state index is 11.5. The van der Waals surface area contributed by atoms with Crippen molar-refractivity contribution in [2.75, 3.05) is 26.5 Å². The number of aliphatic hydroxyl groups is 1. The third-order valence-electron chi connectivity index (χ3n) is 5.55. The van der Waals surface area contributed by atoms with Gasteiger partial charge in [0.1, 0.15) is 12.3 Å². The van der Waals surface area contributed by atoms with Gasteiger partial charge in [-0.3, -0.25) is 0 Å². The second kappa shape index (κ2) is 9.72. The van der Waals surface area contributed by atoms with Gasteiger partial charge in [-0.15, -0.1) is 0 Å². The SMILES string of the molecule is CBr.C[N+](C)(Cc1ccccc1)CC1CCCC[C@]1(O)c1cccc(O)c1. The molecule has 0 heterocycles. The van der Waals surface area contributed by atoms with Crippen molar-refractivity contribution < 1.29 is 14.7 Å². The van der Waals surface area contributed by atoms with Crippen molar-refractivity contribution in [3.8, 4) is 5.75 Å². The Labute approximate surface area is 172 Å². The lowest BCUT2D eigenvalue weighted by molar-refractivity contribution is -0.908. The van der Waals surface area contributed by atoms with Crippen LogP contribution in [0.1, 0.15) is 36.8 Å². The average molecular weight is 435 g/mol. The summed E-state index contributed by atoms with van der Waals surface area (Å²) in [7, 11) is 4.48. The first kappa shape index (κ1) is 21.9. The Hall–Kier alpha value is -1.36. The molecule has 0 spiro atoms. The summed E-state index contributed by atoms with van der Waals surface area (Å²) >= 11 is 2.94. The standard InChI is InChI=1S/C22H29NO2.CH3Br/c1-23(2,16-18-9-4-3-5-10-18)17-20-11-6-7-14-22(20,25)19-12-8-13-21(24)15-19;1-2/h3-5,8-10,12-13,15,20,25H,6-7,11,14,16-17H2,1-2H3;1H3/p+1/t20?,22-;/m0./s1. The van der Waals surface area contributed by atoms with E-state index < -0.39 is 5.60 Å². The molecule has 2 aromatic carbocycles. The van der Waals surface area contributed by atoms with Crippen molar-refractivity contribution in [1.82, 2.24) is 0 Å². The number of rotatable bonds is 5. The van der Waals surface area contributed by atoms with Crippen LogP contribution in [0.4, 0.5) is 0 Å². The fourth-order valence-corrected chi connectivity index (χ4v) is 4.36. The number of halogens is 1. The number of phenols is 1. The van der Waals surface area contributed by atoms with Crippen molar-refractivity contribution in [1.29, 1.82) is 0 Å². The van der Waals surface area contributed by atoms with Gasteiger partial charge < -0.3 is 14.7 Å². The zero-order valence-corrected chi connectivity index (χ0v) is 18.3. The number of benzene rings is 2. The summed E-state index contributed by atoms with van der Waals surface area (Å²) in [6.45, 7) is 1.87. The van der Waals surface area contributed by atoms with Gasteiger partial charge in [0.15, 0.2) is 0 Å². The van der Waals surface area contributed by atoms with E-state index in [-0.39, 0.29) is 11.7 Å². The van der Waals surface area contributed by atoms with E-state index in [0.717, 1.165) is 48.8 Å². The van der Waals surface area contributed by atoms with Crippen LogP contribution in [0.5, 0.6) is 5.75 Å². The molecule has 2 atom stereocenters. The molecule has 0 saturated heterocycles. The first-order valence-corrected chi connectivity index (χ1v) is 11.2. The van der Waals surface area contributed by atoms with Crippen LogP contribution in [0.2, 0.25) is 0 Å². The van der Waals surface area contributed by atoms with Gasteiger partial charge >= 0.3 is 0 Å². The molecular weight excluding hydrogens is 402 g/mol. The minimum atomic E-state index is -0.844. The molecule has 0 aromatic heterocycles. The van der Waals surface area contributed by atoms with Crippen LogP contribution in [0.25, 0.3) is 0 Å². The van der Waals surface area contributed by atoms with E-state index in [1.54, 1.807) is 12.1 Å². The van der Waals surface area contributed by atoms with Gasteiger partial charge in [0, 0.05) is 11.5 Å². The Morgan fingerprint density at radius 1 is 1.04 bits per heavy atom. The molecule has 27 heavy (non-hydrogen) atoms. The summed E-state index contributed by atoms with van der Waals surface area (Å²) in [4.78, 5) is 0. The zero-order chi connectivity index (χ0) is 19.9. The summed E-state index contributed by atoms with van der Waals surface area (Å²) in [5.41, 5.74) is 1.34. The normalized spacial score (nSPS) is 22.6. The number of hydrogen-bond acceptors (Lipinski definition) is 2. The number of hydrogen-bond donors (Lipinski definition) is 2. The molecule has 0 bridgehead atoms. The molecule has 0 aliphatic heterocycles. The average Bonchev–Trinajstić information content (AvgIpc) is 2.66. The van der Waals surface area contributed by atoms with Gasteiger partial charge in [0.2, 0.25) is 0 Å². The third kappa shape index (κ3) is 5.81. The largest absolute Gasteiger partial charge is 0.508 e.